The molecule has 0 aliphatic carbocycles. The highest BCUT2D eigenvalue weighted by Gasteiger charge is 2.20. The van der Waals surface area contributed by atoms with E-state index in [2.05, 4.69) is 0 Å². The largest absolute Gasteiger partial charge is 0.497 e. The fourth-order valence-electron chi connectivity index (χ4n) is 3.61. The lowest BCUT2D eigenvalue weighted by molar-refractivity contribution is 0.104. The molecular formula is C30H25NO5. The predicted molar refractivity (Wildman–Crippen MR) is 140 cm³/mol. The van der Waals surface area contributed by atoms with Crippen LogP contribution < -0.4 is 19.1 Å². The smallest absolute Gasteiger partial charge is 0.424 e. The molecule has 0 radical (unpaired) electrons. The van der Waals surface area contributed by atoms with Crippen LogP contribution in [0.25, 0.3) is 6.08 Å². The number of rotatable bonds is 8. The lowest BCUT2D eigenvalue weighted by atomic mass is 10.1. The van der Waals surface area contributed by atoms with Crippen LogP contribution in [-0.4, -0.2) is 26.1 Å². The summed E-state index contributed by atoms with van der Waals surface area (Å²) >= 11 is 0. The van der Waals surface area contributed by atoms with Gasteiger partial charge in [0.25, 0.3) is 0 Å². The van der Waals surface area contributed by atoms with Gasteiger partial charge in [-0.15, -0.1) is 0 Å². The Labute approximate surface area is 210 Å². The SMILES string of the molecule is COc1ccc(C(=O)/C=C/c2cccc(OC(=O)N(c3ccccc3)c3ccccc3)c2)c(OC)c1. The van der Waals surface area contributed by atoms with Gasteiger partial charge in [-0.2, -0.15) is 0 Å². The average Bonchev–Trinajstić information content (AvgIpc) is 2.93. The van der Waals surface area contributed by atoms with Crippen LogP contribution in [0.5, 0.6) is 17.2 Å². The highest BCUT2D eigenvalue weighted by atomic mass is 16.6. The van der Waals surface area contributed by atoms with E-state index in [1.165, 1.54) is 18.1 Å². The second-order valence-corrected chi connectivity index (χ2v) is 7.71. The molecule has 0 aliphatic rings. The number of para-hydroxylation sites is 2. The van der Waals surface area contributed by atoms with Crippen molar-refractivity contribution in [3.05, 3.63) is 120 Å². The second kappa shape index (κ2) is 11.5. The van der Waals surface area contributed by atoms with Gasteiger partial charge in [0.1, 0.15) is 17.2 Å². The summed E-state index contributed by atoms with van der Waals surface area (Å²) in [5.41, 5.74) is 2.48. The van der Waals surface area contributed by atoms with E-state index in [-0.39, 0.29) is 5.78 Å². The van der Waals surface area contributed by atoms with E-state index in [0.29, 0.717) is 39.8 Å². The fraction of sp³-hybridized carbons (Fsp3) is 0.0667. The van der Waals surface area contributed by atoms with Gasteiger partial charge in [-0.1, -0.05) is 54.6 Å². The molecule has 0 heterocycles. The van der Waals surface area contributed by atoms with Crippen LogP contribution in [0.4, 0.5) is 16.2 Å². The Balaban J connectivity index is 1.53. The standard InChI is InChI=1S/C30H25NO5/c1-34-25-17-18-27(29(21-25)35-2)28(32)19-16-22-10-9-15-26(20-22)36-30(33)31(23-11-5-3-6-12-23)24-13-7-4-8-14-24/h3-21H,1-2H3/b19-16+. The first-order chi connectivity index (χ1) is 17.6. The maximum Gasteiger partial charge on any atom is 0.424 e. The number of carbonyl (C=O) groups is 2. The van der Waals surface area contributed by atoms with Gasteiger partial charge in [0.2, 0.25) is 0 Å². The van der Waals surface area contributed by atoms with E-state index < -0.39 is 6.09 Å². The highest BCUT2D eigenvalue weighted by Crippen LogP contribution is 2.28. The molecule has 0 bridgehead atoms. The Morgan fingerprint density at radius 1 is 0.694 bits per heavy atom. The summed E-state index contributed by atoms with van der Waals surface area (Å²) < 4.78 is 16.2. The van der Waals surface area contributed by atoms with Crippen molar-refractivity contribution in [3.8, 4) is 17.2 Å². The zero-order chi connectivity index (χ0) is 25.3. The zero-order valence-corrected chi connectivity index (χ0v) is 20.0. The number of hydrogen-bond donors (Lipinski definition) is 0. The predicted octanol–water partition coefficient (Wildman–Crippen LogP) is 6.94. The molecule has 4 aromatic carbocycles. The van der Waals surface area contributed by atoms with E-state index in [4.69, 9.17) is 14.2 Å². The molecule has 0 saturated heterocycles. The van der Waals surface area contributed by atoms with Crippen LogP contribution in [0.1, 0.15) is 15.9 Å². The number of methoxy groups -OCH3 is 2. The highest BCUT2D eigenvalue weighted by molar-refractivity contribution is 6.08. The molecule has 0 unspecified atom stereocenters. The molecule has 36 heavy (non-hydrogen) atoms. The van der Waals surface area contributed by atoms with Crippen LogP contribution >= 0.6 is 0 Å². The molecule has 4 rings (SSSR count). The molecule has 0 aromatic heterocycles. The summed E-state index contributed by atoms with van der Waals surface area (Å²) in [4.78, 5) is 27.5. The number of carbonyl (C=O) groups excluding carboxylic acids is 2. The molecule has 0 atom stereocenters. The number of ketones is 1. The fourth-order valence-corrected chi connectivity index (χ4v) is 3.61. The normalized spacial score (nSPS) is 10.6. The summed E-state index contributed by atoms with van der Waals surface area (Å²) in [7, 11) is 3.05. The third kappa shape index (κ3) is 5.80. The molecule has 0 saturated carbocycles. The molecule has 0 N–H and O–H groups in total. The van der Waals surface area contributed by atoms with Crippen LogP contribution in [-0.2, 0) is 0 Å². The number of amides is 1. The summed E-state index contributed by atoms with van der Waals surface area (Å²) in [5.74, 6) is 1.15. The third-order valence-electron chi connectivity index (χ3n) is 5.38. The maximum absolute atomic E-state index is 13.2. The van der Waals surface area contributed by atoms with Crippen molar-refractivity contribution in [1.82, 2.24) is 0 Å². The van der Waals surface area contributed by atoms with Crippen molar-refractivity contribution < 1.29 is 23.8 Å². The maximum atomic E-state index is 13.2. The summed E-state index contributed by atoms with van der Waals surface area (Å²) in [5, 5.41) is 0. The molecule has 6 heteroatoms. The van der Waals surface area contributed by atoms with Gasteiger partial charge < -0.3 is 14.2 Å². The van der Waals surface area contributed by atoms with Crippen molar-refractivity contribution in [2.24, 2.45) is 0 Å². The first-order valence-electron chi connectivity index (χ1n) is 11.3. The molecular weight excluding hydrogens is 454 g/mol. The minimum atomic E-state index is -0.549. The Morgan fingerprint density at radius 3 is 1.97 bits per heavy atom. The Hall–Kier alpha value is -4.84. The molecule has 0 aliphatic heterocycles. The van der Waals surface area contributed by atoms with Crippen LogP contribution in [0, 0.1) is 0 Å². The number of nitrogens with zero attached hydrogens (tertiary/aromatic N) is 1. The first kappa shape index (κ1) is 24.3. The topological polar surface area (TPSA) is 65.1 Å². The first-order valence-corrected chi connectivity index (χ1v) is 11.3. The number of benzene rings is 4. The quantitative estimate of drug-likeness (QED) is 0.202. The van der Waals surface area contributed by atoms with Crippen LogP contribution in [0.2, 0.25) is 0 Å². The lowest BCUT2D eigenvalue weighted by Gasteiger charge is -2.22. The van der Waals surface area contributed by atoms with Gasteiger partial charge in [-0.25, -0.2) is 9.69 Å². The van der Waals surface area contributed by atoms with E-state index in [9.17, 15) is 9.59 Å². The van der Waals surface area contributed by atoms with Crippen LogP contribution in [0.3, 0.4) is 0 Å². The molecule has 180 valence electrons. The minimum absolute atomic E-state index is 0.226. The summed E-state index contributed by atoms with van der Waals surface area (Å²) in [6.45, 7) is 0. The Morgan fingerprint density at radius 2 is 1.36 bits per heavy atom. The number of allylic oxidation sites excluding steroid dienone is 1. The van der Waals surface area contributed by atoms with Crippen molar-refractivity contribution in [1.29, 1.82) is 0 Å². The molecule has 1 amide bonds. The number of hydrogen-bond acceptors (Lipinski definition) is 5. The van der Waals surface area contributed by atoms with Crippen molar-refractivity contribution in [3.63, 3.8) is 0 Å². The number of ether oxygens (including phenoxy) is 3. The third-order valence-corrected chi connectivity index (χ3v) is 5.38. The summed E-state index contributed by atoms with van der Waals surface area (Å²) in [6.07, 6.45) is 2.56. The van der Waals surface area contributed by atoms with Gasteiger partial charge in [-0.3, -0.25) is 4.79 Å². The average molecular weight is 480 g/mol. The monoisotopic (exact) mass is 479 g/mol. The van der Waals surface area contributed by atoms with E-state index in [1.54, 1.807) is 49.6 Å². The van der Waals surface area contributed by atoms with E-state index in [0.717, 1.165) is 0 Å². The molecule has 0 spiro atoms. The molecule has 4 aromatic rings. The Bertz CT molecular complexity index is 1330. The van der Waals surface area contributed by atoms with E-state index in [1.807, 2.05) is 66.7 Å². The molecule has 6 nitrogen and oxygen atoms in total. The van der Waals surface area contributed by atoms with Crippen molar-refractivity contribution >= 4 is 29.3 Å². The molecule has 0 fully saturated rings. The second-order valence-electron chi connectivity index (χ2n) is 7.71. The van der Waals surface area contributed by atoms with Gasteiger partial charge in [0, 0.05) is 6.07 Å². The van der Waals surface area contributed by atoms with Gasteiger partial charge in [-0.05, 0) is 60.2 Å². The van der Waals surface area contributed by atoms with Crippen LogP contribution in [0.15, 0.2) is 109 Å². The van der Waals surface area contributed by atoms with Gasteiger partial charge in [0.15, 0.2) is 5.78 Å². The Kier molecular flexibility index (Phi) is 7.78. The van der Waals surface area contributed by atoms with Crippen molar-refractivity contribution in [2.45, 2.75) is 0 Å². The van der Waals surface area contributed by atoms with Gasteiger partial charge in [0.05, 0.1) is 31.2 Å². The van der Waals surface area contributed by atoms with Crippen molar-refractivity contribution in [2.75, 3.05) is 19.1 Å². The minimum Gasteiger partial charge on any atom is -0.497 e. The lowest BCUT2D eigenvalue weighted by Crippen LogP contribution is -2.29. The van der Waals surface area contributed by atoms with E-state index >= 15 is 0 Å². The van der Waals surface area contributed by atoms with Gasteiger partial charge >= 0.3 is 6.09 Å². The number of anilines is 2. The zero-order valence-electron chi connectivity index (χ0n) is 20.0. The summed E-state index contributed by atoms with van der Waals surface area (Å²) in [6, 6.07) is 30.6.